The molecule has 2 N–H and O–H groups in total. The largest absolute Gasteiger partial charge is 0.394 e. The van der Waals surface area contributed by atoms with E-state index in [1.165, 1.54) is 6.42 Å². The average molecular weight is 238 g/mol. The molecule has 4 aliphatic rings. The normalized spacial score (nSPS) is 58.7. The van der Waals surface area contributed by atoms with Gasteiger partial charge in [0, 0.05) is 0 Å². The standard InChI is InChI=1S/C13H18O4/c14-4-8-12(16-8)10-6-1-2-7(3-6)11(10)13-9(5-15)17-13/h1-2,6-15H,3-5H2/t6-,7+,8-,9-,10-,11+,12+,13+/m0/s1. The molecule has 2 aliphatic carbocycles. The van der Waals surface area contributed by atoms with E-state index in [1.807, 2.05) is 0 Å². The van der Waals surface area contributed by atoms with E-state index >= 15 is 0 Å². The molecule has 0 aromatic rings. The summed E-state index contributed by atoms with van der Waals surface area (Å²) in [5.74, 6) is 2.16. The number of epoxide rings is 2. The van der Waals surface area contributed by atoms with Gasteiger partial charge in [-0.25, -0.2) is 0 Å². The highest BCUT2D eigenvalue weighted by molar-refractivity contribution is 5.20. The van der Waals surface area contributed by atoms with Crippen LogP contribution in [0.1, 0.15) is 6.42 Å². The van der Waals surface area contributed by atoms with Crippen molar-refractivity contribution in [2.24, 2.45) is 23.7 Å². The molecule has 3 fully saturated rings. The minimum Gasteiger partial charge on any atom is -0.394 e. The van der Waals surface area contributed by atoms with Gasteiger partial charge in [-0.3, -0.25) is 0 Å². The lowest BCUT2D eigenvalue weighted by molar-refractivity contribution is 0.186. The lowest BCUT2D eigenvalue weighted by atomic mass is 9.77. The van der Waals surface area contributed by atoms with Gasteiger partial charge < -0.3 is 19.7 Å². The number of aliphatic hydroxyl groups excluding tert-OH is 2. The van der Waals surface area contributed by atoms with Gasteiger partial charge in [-0.1, -0.05) is 12.2 Å². The molecule has 4 rings (SSSR count). The van der Waals surface area contributed by atoms with E-state index in [2.05, 4.69) is 12.2 Å². The van der Waals surface area contributed by atoms with Gasteiger partial charge in [0.25, 0.3) is 0 Å². The first-order valence-corrected chi connectivity index (χ1v) is 6.54. The van der Waals surface area contributed by atoms with Crippen molar-refractivity contribution in [3.63, 3.8) is 0 Å². The first-order chi connectivity index (χ1) is 8.33. The van der Waals surface area contributed by atoms with Gasteiger partial charge in [0.2, 0.25) is 0 Å². The molecule has 2 aliphatic heterocycles. The minimum atomic E-state index is 0.0431. The fourth-order valence-corrected chi connectivity index (χ4v) is 4.11. The van der Waals surface area contributed by atoms with Crippen LogP contribution in [-0.4, -0.2) is 47.8 Å². The Bertz CT molecular complexity index is 323. The summed E-state index contributed by atoms with van der Waals surface area (Å²) in [6.07, 6.45) is 6.33. The maximum absolute atomic E-state index is 9.13. The van der Waals surface area contributed by atoms with Gasteiger partial charge in [0.05, 0.1) is 25.4 Å². The smallest absolute Gasteiger partial charge is 0.107 e. The third kappa shape index (κ3) is 1.45. The lowest BCUT2D eigenvalue weighted by Gasteiger charge is -2.25. The Hall–Kier alpha value is -0.420. The monoisotopic (exact) mass is 238 g/mol. The van der Waals surface area contributed by atoms with Crippen LogP contribution in [0.5, 0.6) is 0 Å². The molecule has 2 saturated heterocycles. The number of ether oxygens (including phenoxy) is 2. The van der Waals surface area contributed by atoms with Gasteiger partial charge in [0.15, 0.2) is 0 Å². The molecule has 0 amide bonds. The molecule has 2 bridgehead atoms. The molecule has 0 radical (unpaired) electrons. The summed E-state index contributed by atoms with van der Waals surface area (Å²) in [5, 5.41) is 18.3. The number of hydrogen-bond acceptors (Lipinski definition) is 4. The second-order valence-corrected chi connectivity index (χ2v) is 5.75. The lowest BCUT2D eigenvalue weighted by Crippen LogP contribution is -2.31. The molecular formula is C13H18O4. The van der Waals surface area contributed by atoms with E-state index in [9.17, 15) is 0 Å². The summed E-state index contributed by atoms with van der Waals surface area (Å²) in [5.41, 5.74) is 0. The van der Waals surface area contributed by atoms with Gasteiger partial charge >= 0.3 is 0 Å². The van der Waals surface area contributed by atoms with Crippen LogP contribution in [-0.2, 0) is 9.47 Å². The van der Waals surface area contributed by atoms with E-state index in [4.69, 9.17) is 19.7 Å². The van der Waals surface area contributed by atoms with Gasteiger partial charge in [-0.15, -0.1) is 0 Å². The quantitative estimate of drug-likeness (QED) is 0.532. The summed E-state index contributed by atoms with van der Waals surface area (Å²) < 4.78 is 11.2. The molecule has 0 aromatic heterocycles. The summed E-state index contributed by atoms with van der Waals surface area (Å²) in [6.45, 7) is 0.258. The molecule has 4 heteroatoms. The van der Waals surface area contributed by atoms with Gasteiger partial charge in [-0.2, -0.15) is 0 Å². The van der Waals surface area contributed by atoms with Gasteiger partial charge in [0.1, 0.15) is 12.2 Å². The zero-order valence-electron chi connectivity index (χ0n) is 9.61. The second kappa shape index (κ2) is 3.54. The van der Waals surface area contributed by atoms with Gasteiger partial charge in [-0.05, 0) is 30.1 Å². The highest BCUT2D eigenvalue weighted by atomic mass is 16.6. The third-order valence-corrected chi connectivity index (χ3v) is 4.95. The van der Waals surface area contributed by atoms with E-state index in [0.717, 1.165) is 0 Å². The maximum atomic E-state index is 9.13. The fourth-order valence-electron chi connectivity index (χ4n) is 4.11. The highest BCUT2D eigenvalue weighted by Gasteiger charge is 2.62. The third-order valence-electron chi connectivity index (χ3n) is 4.95. The van der Waals surface area contributed by atoms with Crippen molar-refractivity contribution in [2.75, 3.05) is 13.2 Å². The maximum Gasteiger partial charge on any atom is 0.107 e. The Morgan fingerprint density at radius 1 is 0.882 bits per heavy atom. The molecule has 2 heterocycles. The fraction of sp³-hybridized carbons (Fsp3) is 0.846. The summed E-state index contributed by atoms with van der Waals surface area (Å²) in [6, 6.07) is 0. The number of rotatable bonds is 4. The van der Waals surface area contributed by atoms with E-state index in [-0.39, 0.29) is 37.6 Å². The van der Waals surface area contributed by atoms with Crippen LogP contribution in [0, 0.1) is 23.7 Å². The van der Waals surface area contributed by atoms with Crippen LogP contribution in [0.15, 0.2) is 12.2 Å². The Balaban J connectivity index is 1.54. The highest BCUT2D eigenvalue weighted by Crippen LogP contribution is 2.58. The van der Waals surface area contributed by atoms with Crippen LogP contribution < -0.4 is 0 Å². The van der Waals surface area contributed by atoms with Crippen LogP contribution in [0.2, 0.25) is 0 Å². The predicted molar refractivity (Wildman–Crippen MR) is 59.2 cm³/mol. The van der Waals surface area contributed by atoms with Crippen LogP contribution in [0.3, 0.4) is 0 Å². The van der Waals surface area contributed by atoms with Crippen molar-refractivity contribution in [1.29, 1.82) is 0 Å². The van der Waals surface area contributed by atoms with Crippen molar-refractivity contribution in [3.05, 3.63) is 12.2 Å². The Morgan fingerprint density at radius 2 is 1.35 bits per heavy atom. The summed E-state index contributed by atoms with van der Waals surface area (Å²) in [4.78, 5) is 0. The molecule has 17 heavy (non-hydrogen) atoms. The van der Waals surface area contributed by atoms with Crippen molar-refractivity contribution in [3.8, 4) is 0 Å². The average Bonchev–Trinajstić information content (AvgIpc) is 3.23. The topological polar surface area (TPSA) is 65.5 Å². The van der Waals surface area contributed by atoms with E-state index < -0.39 is 0 Å². The Kier molecular flexibility index (Phi) is 2.19. The number of aliphatic hydroxyl groups is 2. The molecule has 0 aromatic carbocycles. The molecule has 0 unspecified atom stereocenters. The van der Waals surface area contributed by atoms with Crippen molar-refractivity contribution in [1.82, 2.24) is 0 Å². The zero-order valence-corrected chi connectivity index (χ0v) is 9.61. The summed E-state index contributed by atoms with van der Waals surface area (Å²) >= 11 is 0. The number of hydrogen-bond donors (Lipinski definition) is 2. The zero-order chi connectivity index (χ0) is 11.6. The van der Waals surface area contributed by atoms with Crippen LogP contribution >= 0.6 is 0 Å². The van der Waals surface area contributed by atoms with Crippen LogP contribution in [0.4, 0.5) is 0 Å². The SMILES string of the molecule is OC[C@@H]1O[C@H]1[C@@H]1[C@H]([C@@H]2O[C@H]2CO)[C@@H]2C=C[C@H]1C2. The molecule has 1 saturated carbocycles. The first kappa shape index (κ1) is 10.5. The predicted octanol–water partition coefficient (Wildman–Crippen LogP) is -0.0559. The van der Waals surface area contributed by atoms with Crippen molar-refractivity contribution in [2.45, 2.75) is 30.8 Å². The molecule has 94 valence electrons. The Labute approximate surface area is 100 Å². The Morgan fingerprint density at radius 3 is 1.71 bits per heavy atom. The molecule has 4 nitrogen and oxygen atoms in total. The second-order valence-electron chi connectivity index (χ2n) is 5.75. The summed E-state index contributed by atoms with van der Waals surface area (Å²) in [7, 11) is 0. The van der Waals surface area contributed by atoms with E-state index in [1.54, 1.807) is 0 Å². The number of fused-ring (bicyclic) bond motifs is 2. The molecular weight excluding hydrogens is 220 g/mol. The van der Waals surface area contributed by atoms with Crippen molar-refractivity contribution >= 4 is 0 Å². The van der Waals surface area contributed by atoms with Crippen LogP contribution in [0.25, 0.3) is 0 Å². The van der Waals surface area contributed by atoms with Crippen molar-refractivity contribution < 1.29 is 19.7 Å². The first-order valence-electron chi connectivity index (χ1n) is 6.54. The number of allylic oxidation sites excluding steroid dienone is 2. The van der Waals surface area contributed by atoms with E-state index in [0.29, 0.717) is 23.7 Å². The minimum absolute atomic E-state index is 0.0431. The molecule has 8 atom stereocenters. The molecule has 0 spiro atoms.